The van der Waals surface area contributed by atoms with E-state index in [4.69, 9.17) is 11.6 Å². The Morgan fingerprint density at radius 1 is 1.38 bits per heavy atom. The highest BCUT2D eigenvalue weighted by molar-refractivity contribution is 6.30. The van der Waals surface area contributed by atoms with Gasteiger partial charge in [-0.1, -0.05) is 11.6 Å². The van der Waals surface area contributed by atoms with Crippen molar-refractivity contribution in [2.24, 2.45) is 0 Å². The molecule has 0 N–H and O–H groups in total. The molecule has 4 rings (SSSR count). The molecule has 1 amide bonds. The van der Waals surface area contributed by atoms with Gasteiger partial charge in [0.25, 0.3) is 5.78 Å². The number of amides is 1. The lowest BCUT2D eigenvalue weighted by Gasteiger charge is -2.39. The van der Waals surface area contributed by atoms with E-state index >= 15 is 0 Å². The molecular weight excluding hydrogens is 292 g/mol. The fraction of sp³-hybridized carbons (Fsp3) is 0.538. The lowest BCUT2D eigenvalue weighted by molar-refractivity contribution is -0.129. The van der Waals surface area contributed by atoms with Gasteiger partial charge < -0.3 is 9.80 Å². The third-order valence-electron chi connectivity index (χ3n) is 4.37. The molecule has 7 nitrogen and oxygen atoms in total. The maximum atomic E-state index is 11.8. The van der Waals surface area contributed by atoms with Crippen LogP contribution in [0.2, 0.25) is 5.15 Å². The molecule has 8 heteroatoms. The van der Waals surface area contributed by atoms with Gasteiger partial charge in [-0.05, 0) is 13.3 Å². The average Bonchev–Trinajstić information content (AvgIpc) is 3.07. The largest absolute Gasteiger partial charge is 0.352 e. The molecule has 0 saturated carbocycles. The van der Waals surface area contributed by atoms with Crippen molar-refractivity contribution in [1.29, 1.82) is 0 Å². The summed E-state index contributed by atoms with van der Waals surface area (Å²) in [5.74, 6) is 1.71. The van der Waals surface area contributed by atoms with Gasteiger partial charge in [0.15, 0.2) is 0 Å². The summed E-state index contributed by atoms with van der Waals surface area (Å²) in [6.45, 7) is 4.28. The average molecular weight is 307 g/mol. The third kappa shape index (κ3) is 1.87. The third-order valence-corrected chi connectivity index (χ3v) is 4.74. The summed E-state index contributed by atoms with van der Waals surface area (Å²) >= 11 is 6.22. The van der Waals surface area contributed by atoms with E-state index in [0.717, 1.165) is 37.4 Å². The zero-order chi connectivity index (χ0) is 14.6. The number of halogens is 1. The second-order valence-electron chi connectivity index (χ2n) is 5.55. The molecule has 0 radical (unpaired) electrons. The van der Waals surface area contributed by atoms with Crippen LogP contribution >= 0.6 is 11.6 Å². The molecule has 4 heterocycles. The Hall–Kier alpha value is -1.89. The van der Waals surface area contributed by atoms with Crippen molar-refractivity contribution in [2.45, 2.75) is 25.8 Å². The van der Waals surface area contributed by atoms with E-state index in [-0.39, 0.29) is 11.9 Å². The van der Waals surface area contributed by atoms with Crippen LogP contribution in [0, 0.1) is 6.92 Å². The Morgan fingerprint density at radius 3 is 3.10 bits per heavy atom. The molecule has 1 atom stereocenters. The molecule has 21 heavy (non-hydrogen) atoms. The van der Waals surface area contributed by atoms with Gasteiger partial charge in [0, 0.05) is 37.7 Å². The highest BCUT2D eigenvalue weighted by Crippen LogP contribution is 2.30. The summed E-state index contributed by atoms with van der Waals surface area (Å²) in [4.78, 5) is 24.4. The van der Waals surface area contributed by atoms with Crippen LogP contribution in [-0.2, 0) is 4.79 Å². The Balaban J connectivity index is 1.75. The normalized spacial score (nSPS) is 22.2. The standard InChI is InChI=1S/C13H15ClN6O/c1-8-11(14)17-13-15-7-16-20(13)12(8)18-4-5-19-9(6-18)2-3-10(19)21/h7,9H,2-6H2,1H3. The van der Waals surface area contributed by atoms with Gasteiger partial charge in [-0.3, -0.25) is 4.79 Å². The zero-order valence-electron chi connectivity index (χ0n) is 11.7. The molecule has 0 spiro atoms. The second-order valence-corrected chi connectivity index (χ2v) is 5.91. The molecule has 0 bridgehead atoms. The van der Waals surface area contributed by atoms with Crippen molar-refractivity contribution in [3.05, 3.63) is 17.0 Å². The van der Waals surface area contributed by atoms with Gasteiger partial charge in [-0.15, -0.1) is 0 Å². The van der Waals surface area contributed by atoms with Crippen molar-refractivity contribution < 1.29 is 4.79 Å². The monoisotopic (exact) mass is 306 g/mol. The number of anilines is 1. The topological polar surface area (TPSA) is 66.6 Å². The molecule has 0 aromatic carbocycles. The summed E-state index contributed by atoms with van der Waals surface area (Å²) in [6.07, 6.45) is 3.07. The van der Waals surface area contributed by atoms with E-state index in [1.54, 1.807) is 4.52 Å². The molecule has 110 valence electrons. The van der Waals surface area contributed by atoms with Crippen LogP contribution in [0.1, 0.15) is 18.4 Å². The zero-order valence-corrected chi connectivity index (χ0v) is 12.4. The first kappa shape index (κ1) is 12.8. The molecule has 2 aromatic rings. The van der Waals surface area contributed by atoms with Crippen LogP contribution in [0.25, 0.3) is 5.78 Å². The van der Waals surface area contributed by atoms with Gasteiger partial charge in [-0.25, -0.2) is 0 Å². The minimum absolute atomic E-state index is 0.273. The summed E-state index contributed by atoms with van der Waals surface area (Å²) in [7, 11) is 0. The van der Waals surface area contributed by atoms with E-state index in [1.165, 1.54) is 6.33 Å². The van der Waals surface area contributed by atoms with Crippen molar-refractivity contribution in [2.75, 3.05) is 24.5 Å². The van der Waals surface area contributed by atoms with Crippen LogP contribution in [0.3, 0.4) is 0 Å². The Kier molecular flexibility index (Phi) is 2.78. The Bertz CT molecular complexity index is 729. The second kappa shape index (κ2) is 4.56. The van der Waals surface area contributed by atoms with Crippen molar-refractivity contribution in [3.63, 3.8) is 0 Å². The van der Waals surface area contributed by atoms with Crippen molar-refractivity contribution >= 4 is 29.1 Å². The van der Waals surface area contributed by atoms with E-state index < -0.39 is 0 Å². The van der Waals surface area contributed by atoms with Gasteiger partial charge in [0.1, 0.15) is 17.3 Å². The molecule has 2 aliphatic rings. The van der Waals surface area contributed by atoms with Gasteiger partial charge in [-0.2, -0.15) is 19.6 Å². The van der Waals surface area contributed by atoms with Crippen LogP contribution < -0.4 is 4.90 Å². The smallest absolute Gasteiger partial charge is 0.255 e. The summed E-state index contributed by atoms with van der Waals surface area (Å²) in [5.41, 5.74) is 0.896. The number of nitrogens with zero attached hydrogens (tertiary/aromatic N) is 6. The van der Waals surface area contributed by atoms with Gasteiger partial charge in [0.2, 0.25) is 5.91 Å². The molecule has 1 unspecified atom stereocenters. The lowest BCUT2D eigenvalue weighted by Crippen LogP contribution is -2.52. The van der Waals surface area contributed by atoms with Gasteiger partial charge >= 0.3 is 0 Å². The maximum absolute atomic E-state index is 11.8. The van der Waals surface area contributed by atoms with E-state index in [2.05, 4.69) is 20.0 Å². The number of carbonyl (C=O) groups is 1. The first-order chi connectivity index (χ1) is 10.1. The number of rotatable bonds is 1. The number of fused-ring (bicyclic) bond motifs is 2. The molecule has 2 aliphatic heterocycles. The molecule has 2 aromatic heterocycles. The predicted molar refractivity (Wildman–Crippen MR) is 77.5 cm³/mol. The van der Waals surface area contributed by atoms with Crippen LogP contribution in [0.15, 0.2) is 6.33 Å². The fourth-order valence-corrected chi connectivity index (χ4v) is 3.47. The number of hydrogen-bond acceptors (Lipinski definition) is 5. The van der Waals surface area contributed by atoms with Gasteiger partial charge in [0.05, 0.1) is 0 Å². The summed E-state index contributed by atoms with van der Waals surface area (Å²) in [6, 6.07) is 0.288. The maximum Gasteiger partial charge on any atom is 0.255 e. The number of carbonyl (C=O) groups excluding carboxylic acids is 1. The number of piperazine rings is 1. The Morgan fingerprint density at radius 2 is 2.24 bits per heavy atom. The van der Waals surface area contributed by atoms with Crippen LogP contribution in [-0.4, -0.2) is 56.1 Å². The SMILES string of the molecule is Cc1c(Cl)nc2ncnn2c1N1CCN2C(=O)CCC2C1. The van der Waals surface area contributed by atoms with E-state index in [1.807, 2.05) is 11.8 Å². The summed E-state index contributed by atoms with van der Waals surface area (Å²) < 4.78 is 1.73. The minimum Gasteiger partial charge on any atom is -0.352 e. The quantitative estimate of drug-likeness (QED) is 0.732. The fourth-order valence-electron chi connectivity index (χ4n) is 3.31. The molecule has 2 saturated heterocycles. The van der Waals surface area contributed by atoms with Crippen LogP contribution in [0.4, 0.5) is 5.82 Å². The number of hydrogen-bond donors (Lipinski definition) is 0. The van der Waals surface area contributed by atoms with Crippen molar-refractivity contribution in [1.82, 2.24) is 24.5 Å². The summed E-state index contributed by atoms with van der Waals surface area (Å²) in [5, 5.41) is 4.71. The Labute approximate surface area is 126 Å². The van der Waals surface area contributed by atoms with E-state index in [0.29, 0.717) is 17.4 Å². The highest BCUT2D eigenvalue weighted by Gasteiger charge is 2.36. The first-order valence-electron chi connectivity index (χ1n) is 7.05. The lowest BCUT2D eigenvalue weighted by atomic mass is 10.1. The molecular formula is C13H15ClN6O. The number of aromatic nitrogens is 4. The van der Waals surface area contributed by atoms with Crippen LogP contribution in [0.5, 0.6) is 0 Å². The predicted octanol–water partition coefficient (Wildman–Crippen LogP) is 0.897. The molecule has 2 fully saturated rings. The minimum atomic E-state index is 0.273. The highest BCUT2D eigenvalue weighted by atomic mass is 35.5. The van der Waals surface area contributed by atoms with E-state index in [9.17, 15) is 4.79 Å². The first-order valence-corrected chi connectivity index (χ1v) is 7.43. The molecule has 0 aliphatic carbocycles. The van der Waals surface area contributed by atoms with Crippen molar-refractivity contribution in [3.8, 4) is 0 Å².